The van der Waals surface area contributed by atoms with E-state index in [2.05, 4.69) is 69.2 Å². The lowest BCUT2D eigenvalue weighted by Crippen LogP contribution is -2.39. The predicted molar refractivity (Wildman–Crippen MR) is 103 cm³/mol. The van der Waals surface area contributed by atoms with Crippen LogP contribution in [0, 0.1) is 34.5 Å². The van der Waals surface area contributed by atoms with Crippen molar-refractivity contribution >= 4 is 0 Å². The largest absolute Gasteiger partial charge is 0.0654 e. The lowest BCUT2D eigenvalue weighted by molar-refractivity contribution is 0.0200. The highest BCUT2D eigenvalue weighted by molar-refractivity contribution is 4.90. The molecule has 0 bridgehead atoms. The molecule has 0 aliphatic rings. The Morgan fingerprint density at radius 3 is 1.68 bits per heavy atom. The van der Waals surface area contributed by atoms with E-state index in [1.54, 1.807) is 0 Å². The van der Waals surface area contributed by atoms with Gasteiger partial charge in [-0.2, -0.15) is 0 Å². The summed E-state index contributed by atoms with van der Waals surface area (Å²) in [6, 6.07) is 0. The molecular weight excluding hydrogens is 264 g/mol. The third-order valence-corrected chi connectivity index (χ3v) is 7.03. The van der Waals surface area contributed by atoms with Crippen molar-refractivity contribution in [3.8, 4) is 0 Å². The fourth-order valence-electron chi connectivity index (χ4n) is 4.76. The van der Waals surface area contributed by atoms with Crippen LogP contribution in [-0.4, -0.2) is 0 Å². The monoisotopic (exact) mass is 310 g/mol. The molecule has 0 heterocycles. The van der Waals surface area contributed by atoms with E-state index < -0.39 is 0 Å². The second kappa shape index (κ2) is 9.33. The van der Waals surface area contributed by atoms with Crippen LogP contribution in [0.15, 0.2) is 0 Å². The van der Waals surface area contributed by atoms with Gasteiger partial charge < -0.3 is 0 Å². The molecule has 22 heavy (non-hydrogen) atoms. The van der Waals surface area contributed by atoms with E-state index in [9.17, 15) is 0 Å². The Morgan fingerprint density at radius 2 is 1.32 bits per heavy atom. The van der Waals surface area contributed by atoms with Gasteiger partial charge in [0.25, 0.3) is 0 Å². The van der Waals surface area contributed by atoms with E-state index in [0.29, 0.717) is 10.8 Å². The van der Waals surface area contributed by atoms with E-state index in [0.717, 1.165) is 23.7 Å². The Kier molecular flexibility index (Phi) is 9.33. The fourth-order valence-corrected chi connectivity index (χ4v) is 4.76. The Morgan fingerprint density at radius 1 is 0.773 bits per heavy atom. The maximum Gasteiger partial charge on any atom is -0.0295 e. The normalized spacial score (nSPS) is 21.0. The highest BCUT2D eigenvalue weighted by Crippen LogP contribution is 2.50. The Labute approximate surface area is 142 Å². The van der Waals surface area contributed by atoms with Crippen molar-refractivity contribution in [1.82, 2.24) is 0 Å². The van der Waals surface area contributed by atoms with Gasteiger partial charge in [0.1, 0.15) is 0 Å². The van der Waals surface area contributed by atoms with Crippen LogP contribution in [0.25, 0.3) is 0 Å². The van der Waals surface area contributed by atoms with Gasteiger partial charge >= 0.3 is 0 Å². The maximum atomic E-state index is 2.57. The molecule has 0 saturated carbocycles. The summed E-state index contributed by atoms with van der Waals surface area (Å²) >= 11 is 0. The van der Waals surface area contributed by atoms with Gasteiger partial charge in [0.15, 0.2) is 0 Å². The molecule has 0 fully saturated rings. The summed E-state index contributed by atoms with van der Waals surface area (Å²) in [6.07, 6.45) is 7.98. The molecule has 0 radical (unpaired) electrons. The van der Waals surface area contributed by atoms with Crippen molar-refractivity contribution in [1.29, 1.82) is 0 Å². The quantitative estimate of drug-likeness (QED) is 0.363. The molecule has 5 atom stereocenters. The minimum absolute atomic E-state index is 0.465. The molecule has 0 saturated heterocycles. The number of hydrogen-bond acceptors (Lipinski definition) is 0. The van der Waals surface area contributed by atoms with E-state index >= 15 is 0 Å². The molecule has 0 aliphatic carbocycles. The summed E-state index contributed by atoms with van der Waals surface area (Å²) in [7, 11) is 0. The van der Waals surface area contributed by atoms with E-state index in [1.807, 2.05) is 0 Å². The Balaban J connectivity index is 5.41. The SMILES string of the molecule is CCCC(C)C(C(C)CC)C(C)C(C)(CC)CC(C)(C)CC. The van der Waals surface area contributed by atoms with Crippen LogP contribution in [0.5, 0.6) is 0 Å². The predicted octanol–water partition coefficient (Wildman–Crippen LogP) is 7.96. The third-order valence-electron chi connectivity index (χ3n) is 7.03. The molecule has 0 aliphatic heterocycles. The van der Waals surface area contributed by atoms with Gasteiger partial charge in [-0.25, -0.2) is 0 Å². The summed E-state index contributed by atoms with van der Waals surface area (Å²) in [6.45, 7) is 24.6. The average molecular weight is 311 g/mol. The third kappa shape index (κ3) is 5.89. The molecule has 0 rings (SSSR count). The van der Waals surface area contributed by atoms with Crippen LogP contribution >= 0.6 is 0 Å². The zero-order valence-corrected chi connectivity index (χ0v) is 17.6. The fraction of sp³-hybridized carbons (Fsp3) is 1.00. The smallest absolute Gasteiger partial charge is 0.0295 e. The van der Waals surface area contributed by atoms with E-state index in [-0.39, 0.29) is 0 Å². The molecule has 0 spiro atoms. The summed E-state index contributed by atoms with van der Waals surface area (Å²) in [5.41, 5.74) is 0.933. The molecule has 134 valence electrons. The molecule has 5 unspecified atom stereocenters. The standard InChI is InChI=1S/C22H46/c1-11-15-18(6)20(17(5)12-2)19(7)22(10,14-4)16-21(8,9)13-3/h17-20H,11-16H2,1-10H3. The first-order valence-corrected chi connectivity index (χ1v) is 10.1. The van der Waals surface area contributed by atoms with Gasteiger partial charge in [-0.05, 0) is 40.9 Å². The van der Waals surface area contributed by atoms with Crippen LogP contribution in [0.2, 0.25) is 0 Å². The molecule has 0 aromatic carbocycles. The molecule has 0 amide bonds. The van der Waals surface area contributed by atoms with Gasteiger partial charge in [-0.1, -0.05) is 101 Å². The minimum atomic E-state index is 0.465. The summed E-state index contributed by atoms with van der Waals surface area (Å²) < 4.78 is 0. The lowest BCUT2D eigenvalue weighted by Gasteiger charge is -2.47. The maximum absolute atomic E-state index is 2.57. The van der Waals surface area contributed by atoms with Gasteiger partial charge in [-0.3, -0.25) is 0 Å². The number of rotatable bonds is 11. The zero-order chi connectivity index (χ0) is 17.6. The van der Waals surface area contributed by atoms with Crippen LogP contribution in [-0.2, 0) is 0 Å². The Bertz CT molecular complexity index is 290. The second-order valence-corrected chi connectivity index (χ2v) is 9.22. The van der Waals surface area contributed by atoms with Gasteiger partial charge in [0, 0.05) is 0 Å². The molecule has 0 nitrogen and oxygen atoms in total. The second-order valence-electron chi connectivity index (χ2n) is 9.22. The van der Waals surface area contributed by atoms with Crippen LogP contribution < -0.4 is 0 Å². The first-order valence-electron chi connectivity index (χ1n) is 10.1. The van der Waals surface area contributed by atoms with Crippen LogP contribution in [0.1, 0.15) is 108 Å². The van der Waals surface area contributed by atoms with Crippen LogP contribution in [0.3, 0.4) is 0 Å². The van der Waals surface area contributed by atoms with Gasteiger partial charge in [-0.15, -0.1) is 0 Å². The van der Waals surface area contributed by atoms with Crippen molar-refractivity contribution in [3.63, 3.8) is 0 Å². The summed E-state index contributed by atoms with van der Waals surface area (Å²) in [4.78, 5) is 0. The average Bonchev–Trinajstić information content (AvgIpc) is 2.46. The molecule has 0 aromatic rings. The summed E-state index contributed by atoms with van der Waals surface area (Å²) in [5.74, 6) is 3.36. The number of hydrogen-bond donors (Lipinski definition) is 0. The topological polar surface area (TPSA) is 0 Å². The highest BCUT2D eigenvalue weighted by atomic mass is 14.5. The van der Waals surface area contributed by atoms with Crippen molar-refractivity contribution in [2.75, 3.05) is 0 Å². The van der Waals surface area contributed by atoms with Crippen molar-refractivity contribution < 1.29 is 0 Å². The Hall–Kier alpha value is 0. The van der Waals surface area contributed by atoms with Crippen molar-refractivity contribution in [3.05, 3.63) is 0 Å². The van der Waals surface area contributed by atoms with Gasteiger partial charge in [0.05, 0.1) is 0 Å². The zero-order valence-electron chi connectivity index (χ0n) is 17.6. The van der Waals surface area contributed by atoms with Crippen LogP contribution in [0.4, 0.5) is 0 Å². The van der Waals surface area contributed by atoms with E-state index in [1.165, 1.54) is 38.5 Å². The first kappa shape index (κ1) is 22.0. The van der Waals surface area contributed by atoms with Crippen molar-refractivity contribution in [2.24, 2.45) is 34.5 Å². The molecular formula is C22H46. The van der Waals surface area contributed by atoms with Crippen molar-refractivity contribution in [2.45, 2.75) is 108 Å². The highest BCUT2D eigenvalue weighted by Gasteiger charge is 2.41. The first-order chi connectivity index (χ1) is 10.1. The molecule has 0 aromatic heterocycles. The molecule has 0 heteroatoms. The molecule has 0 N–H and O–H groups in total. The van der Waals surface area contributed by atoms with Gasteiger partial charge in [0.2, 0.25) is 0 Å². The summed E-state index contributed by atoms with van der Waals surface area (Å²) in [5, 5.41) is 0. The minimum Gasteiger partial charge on any atom is -0.0654 e. The lowest BCUT2D eigenvalue weighted by atomic mass is 9.58. The van der Waals surface area contributed by atoms with E-state index in [4.69, 9.17) is 0 Å².